The third kappa shape index (κ3) is 1.95. The van der Waals surface area contributed by atoms with E-state index in [1.807, 2.05) is 4.90 Å². The van der Waals surface area contributed by atoms with E-state index in [0.29, 0.717) is 0 Å². The third-order valence-corrected chi connectivity index (χ3v) is 2.78. The Morgan fingerprint density at radius 1 is 1.33 bits per heavy atom. The summed E-state index contributed by atoms with van der Waals surface area (Å²) in [6.07, 6.45) is 5.47. The van der Waals surface area contributed by atoms with Crippen LogP contribution >= 0.6 is 0 Å². The molecule has 0 saturated carbocycles. The number of rotatable bonds is 2. The maximum atomic E-state index is 11.7. The maximum Gasteiger partial charge on any atom is 0.328 e. The number of nitrogens with zero attached hydrogens (tertiary/aromatic N) is 3. The van der Waals surface area contributed by atoms with Crippen LogP contribution in [0.1, 0.15) is 12.8 Å². The van der Waals surface area contributed by atoms with Gasteiger partial charge >= 0.3 is 5.69 Å². The van der Waals surface area contributed by atoms with Crippen molar-refractivity contribution in [3.63, 3.8) is 0 Å². The molecule has 1 amide bonds. The number of hydrogen-bond acceptors (Lipinski definition) is 2. The lowest BCUT2D eigenvalue weighted by Gasteiger charge is -2.14. The van der Waals surface area contributed by atoms with Crippen molar-refractivity contribution in [2.45, 2.75) is 19.4 Å². The molecule has 0 unspecified atom stereocenters. The van der Waals surface area contributed by atoms with Crippen LogP contribution in [-0.4, -0.2) is 33.0 Å². The molecule has 82 valence electrons. The van der Waals surface area contributed by atoms with E-state index in [9.17, 15) is 9.59 Å². The normalized spacial score (nSPS) is 15.9. The summed E-state index contributed by atoms with van der Waals surface area (Å²) in [5.41, 5.74) is -0.137. The quantitative estimate of drug-likeness (QED) is 0.677. The number of aromatic nitrogens is 2. The van der Waals surface area contributed by atoms with E-state index in [1.54, 1.807) is 19.4 Å². The van der Waals surface area contributed by atoms with Gasteiger partial charge in [0, 0.05) is 32.5 Å². The average molecular weight is 209 g/mol. The van der Waals surface area contributed by atoms with Gasteiger partial charge in [-0.25, -0.2) is 4.79 Å². The van der Waals surface area contributed by atoms with E-state index in [4.69, 9.17) is 0 Å². The van der Waals surface area contributed by atoms with Gasteiger partial charge in [0.15, 0.2) is 0 Å². The number of carbonyl (C=O) groups is 1. The largest absolute Gasteiger partial charge is 0.341 e. The molecule has 0 aliphatic carbocycles. The molecule has 5 nitrogen and oxygen atoms in total. The zero-order chi connectivity index (χ0) is 10.8. The molecule has 1 aromatic heterocycles. The zero-order valence-corrected chi connectivity index (χ0v) is 8.85. The molecule has 0 bridgehead atoms. The van der Waals surface area contributed by atoms with Gasteiger partial charge in [-0.1, -0.05) is 0 Å². The number of hydrogen-bond donors (Lipinski definition) is 0. The Hall–Kier alpha value is -1.52. The minimum absolute atomic E-state index is 0.0424. The van der Waals surface area contributed by atoms with Crippen LogP contribution in [0.2, 0.25) is 0 Å². The van der Waals surface area contributed by atoms with E-state index in [1.165, 1.54) is 9.13 Å². The van der Waals surface area contributed by atoms with Gasteiger partial charge in [0.25, 0.3) is 0 Å². The molecule has 2 rings (SSSR count). The second-order valence-corrected chi connectivity index (χ2v) is 3.91. The zero-order valence-electron chi connectivity index (χ0n) is 8.85. The van der Waals surface area contributed by atoms with Crippen molar-refractivity contribution in [3.05, 3.63) is 22.9 Å². The van der Waals surface area contributed by atoms with E-state index in [0.717, 1.165) is 25.9 Å². The summed E-state index contributed by atoms with van der Waals surface area (Å²) in [6.45, 7) is 1.83. The topological polar surface area (TPSA) is 47.2 Å². The second-order valence-electron chi connectivity index (χ2n) is 3.91. The molecular weight excluding hydrogens is 194 g/mol. The van der Waals surface area contributed by atoms with Crippen molar-refractivity contribution in [1.29, 1.82) is 0 Å². The Kier molecular flexibility index (Phi) is 2.62. The predicted molar refractivity (Wildman–Crippen MR) is 55.5 cm³/mol. The molecule has 0 spiro atoms. The predicted octanol–water partition coefficient (Wildman–Crippen LogP) is -0.191. The van der Waals surface area contributed by atoms with E-state index < -0.39 is 0 Å². The van der Waals surface area contributed by atoms with Crippen molar-refractivity contribution in [3.8, 4) is 0 Å². The lowest BCUT2D eigenvalue weighted by Crippen LogP contribution is -2.34. The van der Waals surface area contributed by atoms with Crippen molar-refractivity contribution < 1.29 is 4.79 Å². The van der Waals surface area contributed by atoms with Crippen LogP contribution < -0.4 is 5.69 Å². The van der Waals surface area contributed by atoms with Crippen molar-refractivity contribution in [2.75, 3.05) is 13.1 Å². The SMILES string of the molecule is Cn1ccn(CC(=O)N2CCCC2)c1=O. The van der Waals surface area contributed by atoms with Crippen LogP contribution in [0.25, 0.3) is 0 Å². The minimum Gasteiger partial charge on any atom is -0.341 e. The molecule has 1 aliphatic heterocycles. The summed E-state index contributed by atoms with van der Waals surface area (Å²) in [6, 6.07) is 0. The van der Waals surface area contributed by atoms with Crippen LogP contribution in [0.5, 0.6) is 0 Å². The van der Waals surface area contributed by atoms with Gasteiger partial charge in [0.05, 0.1) is 0 Å². The van der Waals surface area contributed by atoms with Crippen molar-refractivity contribution in [1.82, 2.24) is 14.0 Å². The average Bonchev–Trinajstić information content (AvgIpc) is 2.83. The minimum atomic E-state index is -0.137. The lowest BCUT2D eigenvalue weighted by atomic mass is 10.4. The first kappa shape index (κ1) is 10.0. The Bertz CT molecular complexity index is 413. The molecule has 2 heterocycles. The molecule has 1 saturated heterocycles. The van der Waals surface area contributed by atoms with Crippen LogP contribution in [0.15, 0.2) is 17.2 Å². The van der Waals surface area contributed by atoms with E-state index in [2.05, 4.69) is 0 Å². The van der Waals surface area contributed by atoms with E-state index >= 15 is 0 Å². The summed E-state index contributed by atoms with van der Waals surface area (Å²) in [5, 5.41) is 0. The van der Waals surface area contributed by atoms with Crippen LogP contribution in [0.4, 0.5) is 0 Å². The maximum absolute atomic E-state index is 11.7. The molecule has 1 aromatic rings. The Balaban J connectivity index is 2.05. The molecule has 0 aromatic carbocycles. The van der Waals surface area contributed by atoms with Crippen LogP contribution in [0, 0.1) is 0 Å². The second kappa shape index (κ2) is 3.92. The van der Waals surface area contributed by atoms with Crippen molar-refractivity contribution >= 4 is 5.91 Å². The molecule has 1 aliphatic rings. The molecule has 15 heavy (non-hydrogen) atoms. The van der Waals surface area contributed by atoms with Gasteiger partial charge in [-0.2, -0.15) is 0 Å². The number of carbonyl (C=O) groups excluding carboxylic acids is 1. The number of aryl methyl sites for hydroxylation is 1. The molecule has 1 fully saturated rings. The number of likely N-dealkylation sites (tertiary alicyclic amines) is 1. The summed E-state index contributed by atoms with van der Waals surface area (Å²) in [4.78, 5) is 25.0. The molecule has 5 heteroatoms. The Morgan fingerprint density at radius 3 is 2.53 bits per heavy atom. The Labute approximate surface area is 87.9 Å². The number of imidazole rings is 1. The Morgan fingerprint density at radius 2 is 2.00 bits per heavy atom. The fraction of sp³-hybridized carbons (Fsp3) is 0.600. The lowest BCUT2D eigenvalue weighted by molar-refractivity contribution is -0.130. The molecule has 0 radical (unpaired) electrons. The molecule has 0 N–H and O–H groups in total. The highest BCUT2D eigenvalue weighted by Crippen LogP contribution is 2.07. The van der Waals surface area contributed by atoms with E-state index in [-0.39, 0.29) is 18.1 Å². The van der Waals surface area contributed by atoms with Gasteiger partial charge in [0.1, 0.15) is 6.54 Å². The summed E-state index contributed by atoms with van der Waals surface area (Å²) in [5.74, 6) is 0.0424. The fourth-order valence-corrected chi connectivity index (χ4v) is 1.84. The van der Waals surface area contributed by atoms with Crippen molar-refractivity contribution in [2.24, 2.45) is 7.05 Å². The summed E-state index contributed by atoms with van der Waals surface area (Å²) >= 11 is 0. The van der Waals surface area contributed by atoms with Gasteiger partial charge < -0.3 is 9.47 Å². The highest BCUT2D eigenvalue weighted by molar-refractivity contribution is 5.76. The van der Waals surface area contributed by atoms with Gasteiger partial charge in [-0.3, -0.25) is 9.36 Å². The summed E-state index contributed by atoms with van der Waals surface area (Å²) in [7, 11) is 1.68. The summed E-state index contributed by atoms with van der Waals surface area (Å²) < 4.78 is 2.91. The smallest absolute Gasteiger partial charge is 0.328 e. The van der Waals surface area contributed by atoms with Crippen LogP contribution in [0.3, 0.4) is 0 Å². The molecule has 0 atom stereocenters. The highest BCUT2D eigenvalue weighted by Gasteiger charge is 2.18. The van der Waals surface area contributed by atoms with Crippen LogP contribution in [-0.2, 0) is 18.4 Å². The fourth-order valence-electron chi connectivity index (χ4n) is 1.84. The van der Waals surface area contributed by atoms with Gasteiger partial charge in [-0.15, -0.1) is 0 Å². The highest BCUT2D eigenvalue weighted by atomic mass is 16.2. The molecular formula is C10H15N3O2. The third-order valence-electron chi connectivity index (χ3n) is 2.78. The number of amides is 1. The first-order valence-electron chi connectivity index (χ1n) is 5.18. The first-order valence-corrected chi connectivity index (χ1v) is 5.18. The first-order chi connectivity index (χ1) is 7.18. The monoisotopic (exact) mass is 209 g/mol. The standard InChI is InChI=1S/C10H15N3O2/c1-11-6-7-13(10(11)15)8-9(14)12-4-2-3-5-12/h6-7H,2-5,8H2,1H3. The van der Waals surface area contributed by atoms with Gasteiger partial charge in [-0.05, 0) is 12.8 Å². The van der Waals surface area contributed by atoms with Gasteiger partial charge in [0.2, 0.25) is 5.91 Å².